The molecule has 5 rings (SSSR count). The van der Waals surface area contributed by atoms with E-state index < -0.39 is 5.97 Å². The number of pyridine rings is 1. The Morgan fingerprint density at radius 2 is 1.86 bits per heavy atom. The van der Waals surface area contributed by atoms with Crippen LogP contribution in [0.4, 0.5) is 0 Å². The lowest BCUT2D eigenvalue weighted by molar-refractivity contribution is -0.322. The van der Waals surface area contributed by atoms with E-state index in [4.69, 9.17) is 14.2 Å². The van der Waals surface area contributed by atoms with Gasteiger partial charge in [-0.15, -0.1) is 0 Å². The lowest BCUT2D eigenvalue weighted by Gasteiger charge is -2.65. The summed E-state index contributed by atoms with van der Waals surface area (Å²) in [4.78, 5) is 15.3. The maximum Gasteiger partial charge on any atom is 0.337 e. The predicted octanol–water partition coefficient (Wildman–Crippen LogP) is 6.34. The normalized spacial score (nSPS) is 39.0. The number of hydrogen-bond donors (Lipinski definition) is 1. The molecule has 0 radical (unpaired) electrons. The van der Waals surface area contributed by atoms with Crippen LogP contribution in [0, 0.1) is 34.0 Å². The molecule has 1 N–H and O–H groups in total. The van der Waals surface area contributed by atoms with E-state index in [-0.39, 0.29) is 28.1 Å². The summed E-state index contributed by atoms with van der Waals surface area (Å²) in [6.45, 7) is 11.2. The molecule has 1 saturated heterocycles. The highest BCUT2D eigenvalue weighted by atomic mass is 16.7. The zero-order chi connectivity index (χ0) is 24.8. The van der Waals surface area contributed by atoms with Gasteiger partial charge in [0.2, 0.25) is 0 Å². The van der Waals surface area contributed by atoms with Crippen molar-refractivity contribution in [3.8, 4) is 5.75 Å². The Morgan fingerprint density at radius 1 is 1.09 bits per heavy atom. The zero-order valence-corrected chi connectivity index (χ0v) is 21.9. The summed E-state index contributed by atoms with van der Waals surface area (Å²) in [5.41, 5.74) is 0.635. The second kappa shape index (κ2) is 9.33. The first kappa shape index (κ1) is 25.0. The van der Waals surface area contributed by atoms with Gasteiger partial charge in [-0.3, -0.25) is 4.98 Å². The van der Waals surface area contributed by atoms with Crippen molar-refractivity contribution in [1.82, 2.24) is 4.98 Å². The zero-order valence-electron chi connectivity index (χ0n) is 21.9. The molecule has 3 aliphatic carbocycles. The van der Waals surface area contributed by atoms with Gasteiger partial charge in [0.05, 0.1) is 31.1 Å². The highest BCUT2D eigenvalue weighted by Gasteiger charge is 2.62. The van der Waals surface area contributed by atoms with Gasteiger partial charge in [-0.1, -0.05) is 40.5 Å². The fourth-order valence-electron chi connectivity index (χ4n) is 8.57. The van der Waals surface area contributed by atoms with Gasteiger partial charge in [-0.25, -0.2) is 4.79 Å². The smallest absolute Gasteiger partial charge is 0.337 e. The number of nitrogens with zero attached hydrogens (tertiary/aromatic N) is 1. The number of carboxylic acids is 1. The van der Waals surface area contributed by atoms with Crippen LogP contribution in [0.15, 0.2) is 18.5 Å². The number of ether oxygens (including phenoxy) is 3. The number of hydrogen-bond acceptors (Lipinski definition) is 5. The van der Waals surface area contributed by atoms with Crippen molar-refractivity contribution < 1.29 is 24.1 Å². The first-order chi connectivity index (χ1) is 16.6. The molecule has 0 amide bonds. The highest BCUT2D eigenvalue weighted by molar-refractivity contribution is 5.87. The number of carbonyl (C=O) groups is 1. The number of carboxylic acid groups (broad SMARTS) is 1. The summed E-state index contributed by atoms with van der Waals surface area (Å²) < 4.78 is 19.3. The Hall–Kier alpha value is -1.66. The van der Waals surface area contributed by atoms with Crippen LogP contribution in [0.3, 0.4) is 0 Å². The van der Waals surface area contributed by atoms with Crippen molar-refractivity contribution in [3.05, 3.63) is 24.0 Å². The lowest BCUT2D eigenvalue weighted by atomic mass is 9.42. The monoisotopic (exact) mass is 485 g/mol. The van der Waals surface area contributed by atoms with Crippen molar-refractivity contribution in [2.24, 2.45) is 34.0 Å². The summed E-state index contributed by atoms with van der Waals surface area (Å²) in [5.74, 6) is 1.20. The molecule has 1 aromatic heterocycles. The summed E-state index contributed by atoms with van der Waals surface area (Å²) >= 11 is 0. The second-order valence-electron chi connectivity index (χ2n) is 12.9. The molecule has 6 nitrogen and oxygen atoms in total. The minimum Gasteiger partial charge on any atom is -0.492 e. The van der Waals surface area contributed by atoms with E-state index in [1.165, 1.54) is 51.1 Å². The molecule has 2 heterocycles. The molecule has 0 aromatic carbocycles. The van der Waals surface area contributed by atoms with Crippen LogP contribution in [0.1, 0.15) is 95.8 Å². The molecule has 4 aliphatic rings. The Balaban J connectivity index is 1.30. The molecule has 3 saturated carbocycles. The van der Waals surface area contributed by atoms with Crippen LogP contribution < -0.4 is 4.74 Å². The van der Waals surface area contributed by atoms with E-state index in [9.17, 15) is 9.90 Å². The predicted molar refractivity (Wildman–Crippen MR) is 133 cm³/mol. The van der Waals surface area contributed by atoms with Crippen LogP contribution >= 0.6 is 0 Å². The molecule has 0 bridgehead atoms. The Labute approximate surface area is 210 Å². The molecule has 1 aromatic rings. The third-order valence-corrected chi connectivity index (χ3v) is 10.4. The fourth-order valence-corrected chi connectivity index (χ4v) is 8.57. The first-order valence-electron chi connectivity index (χ1n) is 13.7. The largest absolute Gasteiger partial charge is 0.492 e. The third kappa shape index (κ3) is 4.50. The maximum atomic E-state index is 11.3. The number of fused-ring (bicyclic) bond motifs is 3. The SMILES string of the molecule is CC1(C)CCC2[C@]3(C)CO[C@@H](C4CCCC4)O[C@@H]3CC[C@@]2(C)[C@@H]1CCOc1cncc(C(=O)O)c1. The summed E-state index contributed by atoms with van der Waals surface area (Å²) in [7, 11) is 0. The topological polar surface area (TPSA) is 77.9 Å². The summed E-state index contributed by atoms with van der Waals surface area (Å²) in [6.07, 6.45) is 14.0. The van der Waals surface area contributed by atoms with Crippen molar-refractivity contribution in [1.29, 1.82) is 0 Å². The minimum atomic E-state index is -0.983. The average molecular weight is 486 g/mol. The maximum absolute atomic E-state index is 11.3. The minimum absolute atomic E-state index is 0.000616. The van der Waals surface area contributed by atoms with Crippen LogP contribution in [-0.4, -0.2) is 41.7 Å². The van der Waals surface area contributed by atoms with Gasteiger partial charge in [0.25, 0.3) is 0 Å². The number of aromatic carboxylic acids is 1. The van der Waals surface area contributed by atoms with Crippen LogP contribution in [0.25, 0.3) is 0 Å². The van der Waals surface area contributed by atoms with Crippen LogP contribution in [0.5, 0.6) is 5.75 Å². The Kier molecular flexibility index (Phi) is 6.67. The average Bonchev–Trinajstić information content (AvgIpc) is 3.35. The van der Waals surface area contributed by atoms with Crippen LogP contribution in [0.2, 0.25) is 0 Å². The molecule has 194 valence electrons. The van der Waals surface area contributed by atoms with Gasteiger partial charge >= 0.3 is 5.97 Å². The summed E-state index contributed by atoms with van der Waals surface area (Å²) in [6, 6.07) is 1.57. The third-order valence-electron chi connectivity index (χ3n) is 10.4. The van der Waals surface area contributed by atoms with E-state index >= 15 is 0 Å². The van der Waals surface area contributed by atoms with E-state index in [1.807, 2.05) is 0 Å². The highest BCUT2D eigenvalue weighted by Crippen LogP contribution is 2.66. The molecular weight excluding hydrogens is 442 g/mol. The lowest BCUT2D eigenvalue weighted by Crippen LogP contribution is -2.63. The van der Waals surface area contributed by atoms with Crippen molar-refractivity contribution in [2.75, 3.05) is 13.2 Å². The van der Waals surface area contributed by atoms with Crippen molar-refractivity contribution in [2.45, 2.75) is 97.9 Å². The second-order valence-corrected chi connectivity index (χ2v) is 12.9. The van der Waals surface area contributed by atoms with E-state index in [1.54, 1.807) is 12.3 Å². The molecule has 1 aliphatic heterocycles. The van der Waals surface area contributed by atoms with Crippen LogP contribution in [-0.2, 0) is 9.47 Å². The Morgan fingerprint density at radius 3 is 2.60 bits per heavy atom. The quantitative estimate of drug-likeness (QED) is 0.507. The van der Waals surface area contributed by atoms with Gasteiger partial charge in [-0.05, 0) is 73.7 Å². The standard InChI is InChI=1S/C29H43NO5/c1-27(2)12-9-23-28(3,22(27)11-14-33-21-15-20(25(31)32)16-30-17-21)13-10-24-29(23,4)18-34-26(35-24)19-7-5-6-8-19/h15-17,19,22-24,26H,5-14,18H2,1-4H3,(H,31,32)/t22-,23?,24-,26-,28+,29+/m1/s1. The molecule has 6 heteroatoms. The number of aromatic nitrogens is 1. The van der Waals surface area contributed by atoms with Gasteiger partial charge in [-0.2, -0.15) is 0 Å². The summed E-state index contributed by atoms with van der Waals surface area (Å²) in [5, 5.41) is 9.25. The first-order valence-corrected chi connectivity index (χ1v) is 13.7. The molecule has 0 spiro atoms. The fraction of sp³-hybridized carbons (Fsp3) is 0.793. The Bertz CT molecular complexity index is 927. The molecular formula is C29H43NO5. The molecule has 1 unspecified atom stereocenters. The molecule has 4 fully saturated rings. The number of rotatable bonds is 6. The van der Waals surface area contributed by atoms with Crippen molar-refractivity contribution >= 4 is 5.97 Å². The molecule has 35 heavy (non-hydrogen) atoms. The van der Waals surface area contributed by atoms with Gasteiger partial charge in [0.15, 0.2) is 6.29 Å². The van der Waals surface area contributed by atoms with Crippen molar-refractivity contribution in [3.63, 3.8) is 0 Å². The van der Waals surface area contributed by atoms with E-state index in [0.29, 0.717) is 36.2 Å². The van der Waals surface area contributed by atoms with E-state index in [2.05, 4.69) is 32.7 Å². The van der Waals surface area contributed by atoms with E-state index in [0.717, 1.165) is 19.4 Å². The molecule has 6 atom stereocenters. The van der Waals surface area contributed by atoms with Gasteiger partial charge < -0.3 is 19.3 Å². The van der Waals surface area contributed by atoms with Gasteiger partial charge in [0.1, 0.15) is 5.75 Å². The van der Waals surface area contributed by atoms with Gasteiger partial charge in [0, 0.05) is 17.5 Å².